The number of carbonyl (C=O) groups is 1. The van der Waals surface area contributed by atoms with Gasteiger partial charge in [0.05, 0.1) is 12.8 Å². The van der Waals surface area contributed by atoms with Crippen LogP contribution in [0.1, 0.15) is 6.92 Å². The number of ether oxygens (including phenoxy) is 1. The number of H-pyrrole nitrogens is 1. The Morgan fingerprint density at radius 3 is 3.05 bits per heavy atom. The van der Waals surface area contributed by atoms with Crippen LogP contribution in [0.3, 0.4) is 0 Å². The third kappa shape index (κ3) is 2.77. The van der Waals surface area contributed by atoms with E-state index in [0.717, 1.165) is 4.31 Å². The molecule has 1 unspecified atom stereocenters. The van der Waals surface area contributed by atoms with Crippen molar-refractivity contribution >= 4 is 16.0 Å². The van der Waals surface area contributed by atoms with Gasteiger partial charge in [-0.25, -0.2) is 8.42 Å². The lowest BCUT2D eigenvalue weighted by atomic mass is 10.2. The van der Waals surface area contributed by atoms with Crippen LogP contribution < -0.4 is 5.32 Å². The molecule has 1 saturated heterocycles. The van der Waals surface area contributed by atoms with E-state index in [0.29, 0.717) is 6.54 Å². The molecule has 2 N–H and O–H groups in total. The van der Waals surface area contributed by atoms with E-state index in [1.54, 1.807) is 6.92 Å². The van der Waals surface area contributed by atoms with Gasteiger partial charge in [0.2, 0.25) is 10.0 Å². The number of aromatic amines is 1. The van der Waals surface area contributed by atoms with E-state index in [2.05, 4.69) is 15.5 Å². The van der Waals surface area contributed by atoms with Crippen LogP contribution in [0.25, 0.3) is 0 Å². The molecule has 1 aliphatic rings. The molecule has 8 nitrogen and oxygen atoms in total. The first-order valence-electron chi connectivity index (χ1n) is 5.95. The summed E-state index contributed by atoms with van der Waals surface area (Å²) < 4.78 is 30.9. The number of rotatable bonds is 4. The summed E-state index contributed by atoms with van der Waals surface area (Å²) in [6.07, 6.45) is 2.51. The summed E-state index contributed by atoms with van der Waals surface area (Å²) in [5.41, 5.74) is 0. The second-order valence-electron chi connectivity index (χ2n) is 4.02. The van der Waals surface area contributed by atoms with Gasteiger partial charge < -0.3 is 10.1 Å². The summed E-state index contributed by atoms with van der Waals surface area (Å²) in [5, 5.41) is 9.07. The van der Waals surface area contributed by atoms with E-state index in [1.807, 2.05) is 0 Å². The molecule has 19 heavy (non-hydrogen) atoms. The SMILES string of the molecule is CCOC(=O)C1CNCCN1S(=O)(=O)c1cn[nH]c1. The van der Waals surface area contributed by atoms with Gasteiger partial charge in [0.25, 0.3) is 0 Å². The van der Waals surface area contributed by atoms with Gasteiger partial charge in [-0.15, -0.1) is 0 Å². The van der Waals surface area contributed by atoms with Crippen molar-refractivity contribution in [2.45, 2.75) is 17.9 Å². The van der Waals surface area contributed by atoms with Crippen molar-refractivity contribution in [2.75, 3.05) is 26.2 Å². The molecule has 1 aromatic rings. The molecule has 2 rings (SSSR count). The van der Waals surface area contributed by atoms with Gasteiger partial charge in [-0.3, -0.25) is 9.89 Å². The Morgan fingerprint density at radius 1 is 1.63 bits per heavy atom. The largest absolute Gasteiger partial charge is 0.465 e. The van der Waals surface area contributed by atoms with Crippen molar-refractivity contribution < 1.29 is 17.9 Å². The van der Waals surface area contributed by atoms with E-state index < -0.39 is 22.0 Å². The highest BCUT2D eigenvalue weighted by Gasteiger charge is 2.38. The van der Waals surface area contributed by atoms with E-state index in [-0.39, 0.29) is 24.6 Å². The van der Waals surface area contributed by atoms with Crippen molar-refractivity contribution in [3.05, 3.63) is 12.4 Å². The number of hydrogen-bond donors (Lipinski definition) is 2. The fourth-order valence-corrected chi connectivity index (χ4v) is 3.41. The molecule has 1 aromatic heterocycles. The first kappa shape index (κ1) is 14.0. The first-order chi connectivity index (χ1) is 9.07. The second-order valence-corrected chi connectivity index (χ2v) is 5.91. The number of piperazine rings is 1. The van der Waals surface area contributed by atoms with Crippen LogP contribution in [-0.2, 0) is 19.6 Å². The Labute approximate surface area is 111 Å². The predicted octanol–water partition coefficient (Wildman–Crippen LogP) is -1.06. The molecule has 0 spiro atoms. The molecule has 0 aliphatic carbocycles. The zero-order valence-corrected chi connectivity index (χ0v) is 11.3. The number of carbonyl (C=O) groups excluding carboxylic acids is 1. The van der Waals surface area contributed by atoms with Crippen molar-refractivity contribution in [3.8, 4) is 0 Å². The minimum Gasteiger partial charge on any atom is -0.465 e. The summed E-state index contributed by atoms with van der Waals surface area (Å²) >= 11 is 0. The van der Waals surface area contributed by atoms with Crippen LogP contribution in [0.4, 0.5) is 0 Å². The summed E-state index contributed by atoms with van der Waals surface area (Å²) in [4.78, 5) is 11.9. The highest BCUT2D eigenvalue weighted by Crippen LogP contribution is 2.18. The summed E-state index contributed by atoms with van der Waals surface area (Å²) in [6, 6.07) is -0.839. The fourth-order valence-electron chi connectivity index (χ4n) is 1.93. The zero-order chi connectivity index (χ0) is 13.9. The van der Waals surface area contributed by atoms with Gasteiger partial charge in [-0.1, -0.05) is 0 Å². The third-order valence-corrected chi connectivity index (χ3v) is 4.71. The molecule has 0 saturated carbocycles. The van der Waals surface area contributed by atoms with Crippen LogP contribution in [0, 0.1) is 0 Å². The molecule has 1 fully saturated rings. The number of aromatic nitrogens is 2. The smallest absolute Gasteiger partial charge is 0.325 e. The predicted molar refractivity (Wildman–Crippen MR) is 65.8 cm³/mol. The van der Waals surface area contributed by atoms with E-state index in [4.69, 9.17) is 4.74 Å². The van der Waals surface area contributed by atoms with Crippen LogP contribution in [0.5, 0.6) is 0 Å². The van der Waals surface area contributed by atoms with Crippen molar-refractivity contribution in [2.24, 2.45) is 0 Å². The van der Waals surface area contributed by atoms with E-state index in [1.165, 1.54) is 12.4 Å². The van der Waals surface area contributed by atoms with Crippen LogP contribution >= 0.6 is 0 Å². The van der Waals surface area contributed by atoms with Crippen LogP contribution in [0.15, 0.2) is 17.3 Å². The minimum absolute atomic E-state index is 0.0451. The maximum absolute atomic E-state index is 12.4. The molecule has 1 aliphatic heterocycles. The lowest BCUT2D eigenvalue weighted by Crippen LogP contribution is -2.57. The van der Waals surface area contributed by atoms with Gasteiger partial charge >= 0.3 is 5.97 Å². The van der Waals surface area contributed by atoms with Crippen molar-refractivity contribution in [1.82, 2.24) is 19.8 Å². The van der Waals surface area contributed by atoms with Gasteiger partial charge in [0, 0.05) is 25.8 Å². The lowest BCUT2D eigenvalue weighted by molar-refractivity contribution is -0.148. The second kappa shape index (κ2) is 5.68. The molecule has 2 heterocycles. The first-order valence-corrected chi connectivity index (χ1v) is 7.39. The number of sulfonamides is 1. The molecule has 1 atom stereocenters. The quantitative estimate of drug-likeness (QED) is 0.684. The maximum Gasteiger partial charge on any atom is 0.325 e. The van der Waals surface area contributed by atoms with Crippen LogP contribution in [0.2, 0.25) is 0 Å². The highest BCUT2D eigenvalue weighted by atomic mass is 32.2. The Kier molecular flexibility index (Phi) is 4.17. The molecule has 106 valence electrons. The van der Waals surface area contributed by atoms with Gasteiger partial charge in [0.1, 0.15) is 10.9 Å². The van der Waals surface area contributed by atoms with E-state index >= 15 is 0 Å². The molecular weight excluding hydrogens is 272 g/mol. The summed E-state index contributed by atoms with van der Waals surface area (Å²) in [6.45, 7) is 2.86. The molecule has 0 aromatic carbocycles. The van der Waals surface area contributed by atoms with Gasteiger partial charge in [-0.05, 0) is 6.92 Å². The zero-order valence-electron chi connectivity index (χ0n) is 10.5. The van der Waals surface area contributed by atoms with Crippen molar-refractivity contribution in [1.29, 1.82) is 0 Å². The Balaban J connectivity index is 2.27. The third-order valence-electron chi connectivity index (χ3n) is 2.83. The monoisotopic (exact) mass is 288 g/mol. The summed E-state index contributed by atoms with van der Waals surface area (Å²) in [5.74, 6) is -0.540. The summed E-state index contributed by atoms with van der Waals surface area (Å²) in [7, 11) is -3.73. The van der Waals surface area contributed by atoms with Crippen LogP contribution in [-0.4, -0.2) is 61.2 Å². The maximum atomic E-state index is 12.4. The van der Waals surface area contributed by atoms with E-state index in [9.17, 15) is 13.2 Å². The van der Waals surface area contributed by atoms with Gasteiger partial charge in [0.15, 0.2) is 0 Å². The van der Waals surface area contributed by atoms with Crippen molar-refractivity contribution in [3.63, 3.8) is 0 Å². The highest BCUT2D eigenvalue weighted by molar-refractivity contribution is 7.89. The number of esters is 1. The molecule has 0 bridgehead atoms. The number of hydrogen-bond acceptors (Lipinski definition) is 6. The lowest BCUT2D eigenvalue weighted by Gasteiger charge is -2.32. The average molecular weight is 288 g/mol. The molecule has 0 radical (unpaired) electrons. The standard InChI is InChI=1S/C10H16N4O4S/c1-2-18-10(15)9-7-11-3-4-14(9)19(16,17)8-5-12-13-6-8/h5-6,9,11H,2-4,7H2,1H3,(H,12,13). The minimum atomic E-state index is -3.73. The number of nitrogens with zero attached hydrogens (tertiary/aromatic N) is 2. The Bertz CT molecular complexity index is 528. The molecular formula is C10H16N4O4S. The average Bonchev–Trinajstić information content (AvgIpc) is 2.93. The topological polar surface area (TPSA) is 104 Å². The normalized spacial score (nSPS) is 21.2. The fraction of sp³-hybridized carbons (Fsp3) is 0.600. The number of nitrogens with one attached hydrogen (secondary N) is 2. The molecule has 9 heteroatoms. The Morgan fingerprint density at radius 2 is 2.42 bits per heavy atom. The Hall–Kier alpha value is -1.45. The van der Waals surface area contributed by atoms with Gasteiger partial charge in [-0.2, -0.15) is 9.40 Å². The molecule has 0 amide bonds.